The zero-order chi connectivity index (χ0) is 18.9. The standard InChI is InChI=1S/C17H21N3O5S/c1-12(17(22)25-2)20-13-8-4-5-9-14(13)26(23,24)15(18-20)16(21)19-10-6-3-7-11-19/h4-5,8-9,12H,3,6-7,10-11H2,1-2H3/t12-/m1/s1. The molecule has 1 aromatic carbocycles. The number of anilines is 1. The summed E-state index contributed by atoms with van der Waals surface area (Å²) in [5.41, 5.74) is 0.251. The Labute approximate surface area is 152 Å². The van der Waals surface area contributed by atoms with E-state index in [1.54, 1.807) is 25.1 Å². The molecule has 1 amide bonds. The van der Waals surface area contributed by atoms with Crippen LogP contribution in [0.3, 0.4) is 0 Å². The van der Waals surface area contributed by atoms with Gasteiger partial charge in [0.05, 0.1) is 17.7 Å². The van der Waals surface area contributed by atoms with E-state index in [4.69, 9.17) is 4.74 Å². The highest BCUT2D eigenvalue weighted by Gasteiger charge is 2.41. The van der Waals surface area contributed by atoms with Gasteiger partial charge in [-0.3, -0.25) is 4.79 Å². The molecule has 0 unspecified atom stereocenters. The number of hydrazone groups is 1. The van der Waals surface area contributed by atoms with Gasteiger partial charge in [-0.25, -0.2) is 18.2 Å². The predicted octanol–water partition coefficient (Wildman–Crippen LogP) is 1.17. The summed E-state index contributed by atoms with van der Waals surface area (Å²) < 4.78 is 30.7. The van der Waals surface area contributed by atoms with Crippen molar-refractivity contribution in [2.24, 2.45) is 5.10 Å². The van der Waals surface area contributed by atoms with E-state index in [-0.39, 0.29) is 10.6 Å². The molecular formula is C17H21N3O5S. The van der Waals surface area contributed by atoms with Crippen LogP contribution in [-0.4, -0.2) is 56.5 Å². The molecular weight excluding hydrogens is 358 g/mol. The number of piperidine rings is 1. The molecule has 3 rings (SSSR count). The van der Waals surface area contributed by atoms with E-state index in [9.17, 15) is 18.0 Å². The second-order valence-corrected chi connectivity index (χ2v) is 8.11. The lowest BCUT2D eigenvalue weighted by molar-refractivity contribution is -0.141. The first-order valence-corrected chi connectivity index (χ1v) is 9.95. The molecule has 0 aromatic heterocycles. The summed E-state index contributed by atoms with van der Waals surface area (Å²) in [5.74, 6) is -1.20. The zero-order valence-corrected chi connectivity index (χ0v) is 15.5. The summed E-state index contributed by atoms with van der Waals surface area (Å²) in [5, 5.41) is 4.79. The van der Waals surface area contributed by atoms with E-state index in [1.165, 1.54) is 23.1 Å². The van der Waals surface area contributed by atoms with Crippen molar-refractivity contribution in [1.29, 1.82) is 0 Å². The van der Waals surface area contributed by atoms with Crippen molar-refractivity contribution >= 4 is 32.4 Å². The summed E-state index contributed by atoms with van der Waals surface area (Å²) in [7, 11) is -2.82. The van der Waals surface area contributed by atoms with Crippen molar-refractivity contribution in [3.63, 3.8) is 0 Å². The third kappa shape index (κ3) is 3.07. The van der Waals surface area contributed by atoms with Crippen LogP contribution in [0, 0.1) is 0 Å². The Bertz CT molecular complexity index is 859. The molecule has 8 nitrogen and oxygen atoms in total. The third-order valence-electron chi connectivity index (χ3n) is 4.59. The smallest absolute Gasteiger partial charge is 0.330 e. The monoisotopic (exact) mass is 379 g/mol. The molecule has 0 saturated carbocycles. The third-order valence-corrected chi connectivity index (χ3v) is 6.28. The van der Waals surface area contributed by atoms with Crippen molar-refractivity contribution < 1.29 is 22.7 Å². The fourth-order valence-electron chi connectivity index (χ4n) is 3.14. The number of likely N-dealkylation sites (tertiary alicyclic amines) is 1. The number of esters is 1. The van der Waals surface area contributed by atoms with Gasteiger partial charge in [-0.15, -0.1) is 0 Å². The highest BCUT2D eigenvalue weighted by atomic mass is 32.2. The number of hydrogen-bond acceptors (Lipinski definition) is 7. The van der Waals surface area contributed by atoms with Crippen LogP contribution in [-0.2, 0) is 24.2 Å². The Hall–Kier alpha value is -2.42. The number of para-hydroxylation sites is 1. The molecule has 0 N–H and O–H groups in total. The van der Waals surface area contributed by atoms with Gasteiger partial charge >= 0.3 is 5.97 Å². The van der Waals surface area contributed by atoms with Crippen LogP contribution >= 0.6 is 0 Å². The highest BCUT2D eigenvalue weighted by molar-refractivity contribution is 8.08. The Morgan fingerprint density at radius 1 is 1.15 bits per heavy atom. The van der Waals surface area contributed by atoms with Crippen LogP contribution in [0.1, 0.15) is 26.2 Å². The first-order valence-electron chi connectivity index (χ1n) is 8.47. The summed E-state index contributed by atoms with van der Waals surface area (Å²) >= 11 is 0. The minimum Gasteiger partial charge on any atom is -0.467 e. The van der Waals surface area contributed by atoms with Gasteiger partial charge in [0.15, 0.2) is 0 Å². The molecule has 1 atom stereocenters. The predicted molar refractivity (Wildman–Crippen MR) is 95.5 cm³/mol. The molecule has 0 radical (unpaired) electrons. The Morgan fingerprint density at radius 2 is 1.81 bits per heavy atom. The molecule has 1 aromatic rings. The summed E-state index contributed by atoms with van der Waals surface area (Å²) in [6, 6.07) is 5.32. The van der Waals surface area contributed by atoms with E-state index < -0.39 is 32.8 Å². The number of methoxy groups -OCH3 is 1. The van der Waals surface area contributed by atoms with Crippen molar-refractivity contribution in [1.82, 2.24) is 4.90 Å². The Morgan fingerprint density at radius 3 is 2.46 bits per heavy atom. The van der Waals surface area contributed by atoms with Gasteiger partial charge in [0.25, 0.3) is 5.91 Å². The van der Waals surface area contributed by atoms with Gasteiger partial charge in [0.1, 0.15) is 6.04 Å². The maximum Gasteiger partial charge on any atom is 0.330 e. The summed E-state index contributed by atoms with van der Waals surface area (Å²) in [6.45, 7) is 2.55. The minimum absolute atomic E-state index is 0.0360. The molecule has 26 heavy (non-hydrogen) atoms. The molecule has 140 valence electrons. The van der Waals surface area contributed by atoms with Crippen LogP contribution in [0.2, 0.25) is 0 Å². The van der Waals surface area contributed by atoms with Crippen LogP contribution in [0.15, 0.2) is 34.3 Å². The number of nitrogens with zero attached hydrogens (tertiary/aromatic N) is 3. The zero-order valence-electron chi connectivity index (χ0n) is 14.7. The molecule has 0 spiro atoms. The highest BCUT2D eigenvalue weighted by Crippen LogP contribution is 2.33. The van der Waals surface area contributed by atoms with Crippen molar-refractivity contribution in [3.8, 4) is 0 Å². The molecule has 0 aliphatic carbocycles. The SMILES string of the molecule is COC(=O)[C@@H](C)N1N=C(C(=O)N2CCCCC2)S(=O)(=O)c2ccccc21. The molecule has 1 saturated heterocycles. The van der Waals surface area contributed by atoms with Crippen molar-refractivity contribution in [3.05, 3.63) is 24.3 Å². The van der Waals surface area contributed by atoms with E-state index in [0.29, 0.717) is 13.1 Å². The van der Waals surface area contributed by atoms with Gasteiger partial charge < -0.3 is 9.64 Å². The first kappa shape index (κ1) is 18.4. The van der Waals surface area contributed by atoms with Crippen LogP contribution < -0.4 is 5.01 Å². The van der Waals surface area contributed by atoms with Gasteiger partial charge in [-0.2, -0.15) is 5.10 Å². The summed E-state index contributed by atoms with van der Waals surface area (Å²) in [6.07, 6.45) is 2.67. The molecule has 2 aliphatic heterocycles. The average Bonchev–Trinajstić information content (AvgIpc) is 2.67. The number of carbonyl (C=O) groups excluding carboxylic acids is 2. The average molecular weight is 379 g/mol. The van der Waals surface area contributed by atoms with E-state index in [2.05, 4.69) is 5.10 Å². The lowest BCUT2D eigenvalue weighted by atomic mass is 10.1. The largest absolute Gasteiger partial charge is 0.467 e. The Kier molecular flexibility index (Phi) is 4.99. The fourth-order valence-corrected chi connectivity index (χ4v) is 4.60. The summed E-state index contributed by atoms with van der Waals surface area (Å²) in [4.78, 5) is 26.3. The number of amides is 1. The lowest BCUT2D eigenvalue weighted by Gasteiger charge is -2.32. The second kappa shape index (κ2) is 7.06. The normalized spacial score (nSPS) is 20.0. The van der Waals surface area contributed by atoms with E-state index >= 15 is 0 Å². The molecule has 0 bridgehead atoms. The van der Waals surface area contributed by atoms with Gasteiger partial charge in [0, 0.05) is 13.1 Å². The number of sulfone groups is 1. The topological polar surface area (TPSA) is 96.3 Å². The van der Waals surface area contributed by atoms with Gasteiger partial charge in [-0.05, 0) is 38.3 Å². The molecule has 2 heterocycles. The van der Waals surface area contributed by atoms with E-state index in [0.717, 1.165) is 19.3 Å². The fraction of sp³-hybridized carbons (Fsp3) is 0.471. The number of hydrogen-bond donors (Lipinski definition) is 0. The molecule has 9 heteroatoms. The van der Waals surface area contributed by atoms with Crippen LogP contribution in [0.5, 0.6) is 0 Å². The number of fused-ring (bicyclic) bond motifs is 1. The molecule has 1 fully saturated rings. The van der Waals surface area contributed by atoms with Gasteiger partial charge in [0.2, 0.25) is 14.9 Å². The van der Waals surface area contributed by atoms with E-state index in [1.807, 2.05) is 0 Å². The van der Waals surface area contributed by atoms with Crippen molar-refractivity contribution in [2.45, 2.75) is 37.1 Å². The minimum atomic E-state index is -4.07. The van der Waals surface area contributed by atoms with Crippen LogP contribution in [0.25, 0.3) is 0 Å². The maximum atomic E-state index is 13.0. The quantitative estimate of drug-likeness (QED) is 0.732. The first-order chi connectivity index (χ1) is 12.4. The van der Waals surface area contributed by atoms with Gasteiger partial charge in [-0.1, -0.05) is 12.1 Å². The maximum absolute atomic E-state index is 13.0. The van der Waals surface area contributed by atoms with Crippen LogP contribution in [0.4, 0.5) is 5.69 Å². The number of benzene rings is 1. The van der Waals surface area contributed by atoms with Crippen molar-refractivity contribution in [2.75, 3.05) is 25.2 Å². The lowest BCUT2D eigenvalue weighted by Crippen LogP contribution is -2.47. The number of carbonyl (C=O) groups is 2. The number of rotatable bonds is 3. The number of ether oxygens (including phenoxy) is 1. The molecule has 2 aliphatic rings. The second-order valence-electron chi connectivity index (χ2n) is 6.27. The Balaban J connectivity index is 2.09.